The van der Waals surface area contributed by atoms with Crippen LogP contribution >= 0.6 is 12.6 Å². The number of aromatic amines is 1. The number of aromatic nitrogens is 4. The molecule has 2 aliphatic rings. The van der Waals surface area contributed by atoms with Gasteiger partial charge in [0.25, 0.3) is 6.43 Å². The summed E-state index contributed by atoms with van der Waals surface area (Å²) in [5, 5.41) is 10.9. The van der Waals surface area contributed by atoms with Gasteiger partial charge in [0.05, 0.1) is 23.3 Å². The minimum Gasteiger partial charge on any atom is -0.356 e. The van der Waals surface area contributed by atoms with Crippen molar-refractivity contribution in [3.05, 3.63) is 30.5 Å². The van der Waals surface area contributed by atoms with Gasteiger partial charge in [-0.1, -0.05) is 0 Å². The van der Waals surface area contributed by atoms with E-state index >= 15 is 0 Å². The number of anilines is 1. The average molecular weight is 451 g/mol. The molecule has 4 rings (SSSR count). The lowest BCUT2D eigenvalue weighted by molar-refractivity contribution is 0.226. The molecule has 1 atom stereocenters. The first kappa shape index (κ1) is 23.3. The fourth-order valence-electron chi connectivity index (χ4n) is 3.20. The number of alkyl halides is 2. The highest BCUT2D eigenvalue weighted by molar-refractivity contribution is 7.81. The summed E-state index contributed by atoms with van der Waals surface area (Å²) in [5.41, 5.74) is 6.36. The number of nitrogens with one attached hydrogen (secondary N) is 3. The van der Waals surface area contributed by atoms with Gasteiger partial charge in [-0.3, -0.25) is 5.41 Å². The van der Waals surface area contributed by atoms with Crippen molar-refractivity contribution >= 4 is 30.2 Å². The van der Waals surface area contributed by atoms with Gasteiger partial charge in [-0.05, 0) is 37.5 Å². The average Bonchev–Trinajstić information content (AvgIpc) is 3.25. The zero-order valence-electron chi connectivity index (χ0n) is 17.1. The van der Waals surface area contributed by atoms with Crippen molar-refractivity contribution in [3.63, 3.8) is 0 Å². The first-order valence-corrected chi connectivity index (χ1v) is 10.7. The van der Waals surface area contributed by atoms with Crippen LogP contribution in [0.5, 0.6) is 0 Å². The van der Waals surface area contributed by atoms with E-state index in [2.05, 4.69) is 42.8 Å². The van der Waals surface area contributed by atoms with E-state index in [0.717, 1.165) is 50.9 Å². The maximum atomic E-state index is 12.3. The van der Waals surface area contributed by atoms with Gasteiger partial charge >= 0.3 is 0 Å². The van der Waals surface area contributed by atoms with Gasteiger partial charge in [-0.2, -0.15) is 12.6 Å². The first-order chi connectivity index (χ1) is 15.0. The lowest BCUT2D eigenvalue weighted by atomic mass is 9.98. The zero-order chi connectivity index (χ0) is 22.2. The number of nitrogens with zero attached hydrogens (tertiary/aromatic N) is 4. The molecule has 4 heterocycles. The molecule has 2 fully saturated rings. The molecule has 11 heteroatoms. The van der Waals surface area contributed by atoms with E-state index < -0.39 is 12.1 Å². The number of nitrogens with two attached hydrogens (primary N) is 1. The van der Waals surface area contributed by atoms with E-state index in [1.54, 1.807) is 6.20 Å². The summed E-state index contributed by atoms with van der Waals surface area (Å²) >= 11 is 4.12. The van der Waals surface area contributed by atoms with Gasteiger partial charge in [0.15, 0.2) is 0 Å². The summed E-state index contributed by atoms with van der Waals surface area (Å²) in [5.74, 6) is 1.68. The van der Waals surface area contributed by atoms with Crippen LogP contribution in [0.1, 0.15) is 18.7 Å². The Bertz CT molecular complexity index is 884. The predicted octanol–water partition coefficient (Wildman–Crippen LogP) is 2.23. The molecule has 0 bridgehead atoms. The Morgan fingerprint density at radius 2 is 2.13 bits per heavy atom. The van der Waals surface area contributed by atoms with Crippen molar-refractivity contribution in [2.75, 3.05) is 37.6 Å². The molecule has 0 aromatic carbocycles. The highest BCUT2D eigenvalue weighted by Crippen LogP contribution is 2.24. The van der Waals surface area contributed by atoms with Crippen LogP contribution in [0.15, 0.2) is 24.7 Å². The molecule has 2 aromatic rings. The molecular weight excluding hydrogens is 422 g/mol. The Kier molecular flexibility index (Phi) is 8.50. The quantitative estimate of drug-likeness (QED) is 0.340. The molecule has 31 heavy (non-hydrogen) atoms. The fraction of sp³-hybridized carbons (Fsp3) is 0.500. The molecule has 2 aromatic heterocycles. The van der Waals surface area contributed by atoms with Crippen LogP contribution in [-0.2, 0) is 0 Å². The van der Waals surface area contributed by atoms with Crippen LogP contribution in [0.2, 0.25) is 0 Å². The summed E-state index contributed by atoms with van der Waals surface area (Å²) in [7, 11) is 0. The van der Waals surface area contributed by atoms with Gasteiger partial charge in [0, 0.05) is 37.5 Å². The molecule has 0 saturated carbocycles. The number of rotatable bonds is 6. The monoisotopic (exact) mass is 450 g/mol. The van der Waals surface area contributed by atoms with Crippen molar-refractivity contribution < 1.29 is 8.78 Å². The second-order valence-corrected chi connectivity index (χ2v) is 8.27. The van der Waals surface area contributed by atoms with E-state index in [1.807, 2.05) is 6.07 Å². The van der Waals surface area contributed by atoms with Gasteiger partial charge in [0.2, 0.25) is 0 Å². The Labute approximate surface area is 185 Å². The number of imidazole rings is 1. The highest BCUT2D eigenvalue weighted by Gasteiger charge is 2.20. The number of hydrogen-bond acceptors (Lipinski definition) is 8. The van der Waals surface area contributed by atoms with Crippen molar-refractivity contribution in [2.45, 2.75) is 24.5 Å². The number of hydrogen-bond donors (Lipinski definition) is 5. The molecule has 0 amide bonds. The number of thiol groups is 1. The molecule has 5 N–H and O–H groups in total. The van der Waals surface area contributed by atoms with Gasteiger partial charge in [-0.15, -0.1) is 0 Å². The predicted molar refractivity (Wildman–Crippen MR) is 122 cm³/mol. The van der Waals surface area contributed by atoms with Crippen LogP contribution in [0.4, 0.5) is 14.6 Å². The Morgan fingerprint density at radius 3 is 2.77 bits per heavy atom. The Balaban J connectivity index is 0.000000478. The SMILES string of the molecule is N=C(/C=C\c1ncc(-c2cc(N3CCCC(CN)C3)ncn2)[nH]1)C(F)F.SC1CNC1. The molecule has 0 aliphatic carbocycles. The van der Waals surface area contributed by atoms with Crippen molar-refractivity contribution in [2.24, 2.45) is 11.7 Å². The molecule has 0 radical (unpaired) electrons. The molecular formula is C20H28F2N8S. The summed E-state index contributed by atoms with van der Waals surface area (Å²) < 4.78 is 24.7. The highest BCUT2D eigenvalue weighted by atomic mass is 32.1. The van der Waals surface area contributed by atoms with Gasteiger partial charge in [-0.25, -0.2) is 23.7 Å². The molecule has 0 spiro atoms. The standard InChI is InChI=1S/C17H21F2N7.C3H7NS/c18-17(19)12(21)3-4-15-22-8-14(25-15)13-6-16(24-10-23-13)26-5-1-2-11(7-20)9-26;5-3-1-4-2-3/h3-4,6,8,10-11,17,21H,1-2,5,7,9,20H2,(H,22,25);3-5H,1-2H2/b4-3-,21-12?;. The smallest absolute Gasteiger partial charge is 0.279 e. The minimum atomic E-state index is -2.80. The van der Waals surface area contributed by atoms with E-state index in [-0.39, 0.29) is 0 Å². The van der Waals surface area contributed by atoms with Crippen molar-refractivity contribution in [1.82, 2.24) is 25.3 Å². The van der Waals surface area contributed by atoms with Crippen molar-refractivity contribution in [3.8, 4) is 11.4 Å². The molecule has 1 unspecified atom stereocenters. The number of H-pyrrole nitrogens is 1. The molecule has 2 saturated heterocycles. The second-order valence-electron chi connectivity index (χ2n) is 7.53. The largest absolute Gasteiger partial charge is 0.356 e. The fourth-order valence-corrected chi connectivity index (χ4v) is 3.46. The van der Waals surface area contributed by atoms with Crippen LogP contribution < -0.4 is 16.0 Å². The van der Waals surface area contributed by atoms with Crippen LogP contribution in [-0.4, -0.2) is 70.0 Å². The Morgan fingerprint density at radius 1 is 1.35 bits per heavy atom. The summed E-state index contributed by atoms with van der Waals surface area (Å²) in [6.45, 7) is 4.67. The second kappa shape index (κ2) is 11.3. The van der Waals surface area contributed by atoms with Crippen LogP contribution in [0.3, 0.4) is 0 Å². The molecule has 168 valence electrons. The maximum Gasteiger partial charge on any atom is 0.279 e. The summed E-state index contributed by atoms with van der Waals surface area (Å²) in [6.07, 6.45) is 4.86. The number of piperidine rings is 1. The third-order valence-corrected chi connectivity index (χ3v) is 5.48. The van der Waals surface area contributed by atoms with E-state index in [0.29, 0.717) is 34.9 Å². The van der Waals surface area contributed by atoms with Crippen molar-refractivity contribution in [1.29, 1.82) is 5.41 Å². The zero-order valence-corrected chi connectivity index (χ0v) is 18.0. The maximum absolute atomic E-state index is 12.3. The van der Waals surface area contributed by atoms with E-state index in [1.165, 1.54) is 12.4 Å². The third kappa shape index (κ3) is 6.81. The Hall–Kier alpha value is -2.37. The summed E-state index contributed by atoms with van der Waals surface area (Å²) in [6, 6.07) is 1.88. The van der Waals surface area contributed by atoms with Crippen LogP contribution in [0.25, 0.3) is 17.5 Å². The lowest BCUT2D eigenvalue weighted by Crippen LogP contribution is -2.42. The lowest BCUT2D eigenvalue weighted by Gasteiger charge is -2.33. The molecule has 8 nitrogen and oxygen atoms in total. The summed E-state index contributed by atoms with van der Waals surface area (Å²) in [4.78, 5) is 17.9. The minimum absolute atomic E-state index is 0.381. The van der Waals surface area contributed by atoms with E-state index in [9.17, 15) is 8.78 Å². The van der Waals surface area contributed by atoms with Gasteiger partial charge < -0.3 is 20.9 Å². The topological polar surface area (TPSA) is 120 Å². The van der Waals surface area contributed by atoms with E-state index in [4.69, 9.17) is 11.1 Å². The van der Waals surface area contributed by atoms with Crippen LogP contribution in [0, 0.1) is 11.3 Å². The third-order valence-electron chi connectivity index (χ3n) is 5.12. The molecule has 2 aliphatic heterocycles. The number of halogens is 2. The normalized spacial score (nSPS) is 19.3. The number of allylic oxidation sites excluding steroid dienone is 1. The van der Waals surface area contributed by atoms with Gasteiger partial charge in [0.1, 0.15) is 18.0 Å². The first-order valence-electron chi connectivity index (χ1n) is 10.2.